The molecule has 0 aliphatic heterocycles. The summed E-state index contributed by atoms with van der Waals surface area (Å²) in [5, 5.41) is 0. The first-order chi connectivity index (χ1) is 7.67. The third-order valence-electron chi connectivity index (χ3n) is 2.64. The van der Waals surface area contributed by atoms with Crippen molar-refractivity contribution in [2.75, 3.05) is 13.7 Å². The van der Waals surface area contributed by atoms with Crippen molar-refractivity contribution < 1.29 is 9.47 Å². The zero-order valence-corrected chi connectivity index (χ0v) is 10.3. The van der Waals surface area contributed by atoms with Crippen molar-refractivity contribution in [3.8, 4) is 5.75 Å². The van der Waals surface area contributed by atoms with Crippen LogP contribution in [-0.2, 0) is 4.74 Å². The average molecular weight is 223 g/mol. The van der Waals surface area contributed by atoms with Crippen LogP contribution in [0.5, 0.6) is 5.75 Å². The number of methoxy groups -OCH3 is 1. The Hall–Kier alpha value is -1.06. The number of nitrogens with two attached hydrogens (primary N) is 1. The van der Waals surface area contributed by atoms with Crippen molar-refractivity contribution in [3.05, 3.63) is 29.8 Å². The summed E-state index contributed by atoms with van der Waals surface area (Å²) in [7, 11) is 1.68. The molecule has 1 rings (SSSR count). The highest BCUT2D eigenvalue weighted by Crippen LogP contribution is 2.18. The normalized spacial score (nSPS) is 14.5. The van der Waals surface area contributed by atoms with Crippen LogP contribution in [0.2, 0.25) is 0 Å². The van der Waals surface area contributed by atoms with E-state index in [1.54, 1.807) is 7.11 Å². The summed E-state index contributed by atoms with van der Waals surface area (Å²) in [6.07, 6.45) is 1.05. The maximum absolute atomic E-state index is 5.93. The molecular formula is C13H21NO2. The summed E-state index contributed by atoms with van der Waals surface area (Å²) in [5.74, 6) is 0.857. The Labute approximate surface area is 97.6 Å². The van der Waals surface area contributed by atoms with Crippen LogP contribution in [0.25, 0.3) is 0 Å². The first-order valence-corrected chi connectivity index (χ1v) is 5.68. The number of hydrogen-bond donors (Lipinski definition) is 1. The van der Waals surface area contributed by atoms with Crippen LogP contribution in [0, 0.1) is 0 Å². The standard InChI is InChI=1S/C13H21NO2/c1-4-13(14)11-5-7-12(8-6-11)16-9-10(2)15-3/h5-8,10,13H,4,9,14H2,1-3H3/t10?,13-/m1/s1. The fourth-order valence-electron chi connectivity index (χ4n) is 1.33. The van der Waals surface area contributed by atoms with E-state index in [9.17, 15) is 0 Å². The molecule has 0 bridgehead atoms. The second kappa shape index (κ2) is 6.51. The van der Waals surface area contributed by atoms with E-state index in [1.165, 1.54) is 0 Å². The van der Waals surface area contributed by atoms with E-state index in [-0.39, 0.29) is 12.1 Å². The first-order valence-electron chi connectivity index (χ1n) is 5.68. The molecule has 0 saturated heterocycles. The van der Waals surface area contributed by atoms with Gasteiger partial charge in [0.15, 0.2) is 0 Å². The first kappa shape index (κ1) is 13.0. The Morgan fingerprint density at radius 3 is 2.38 bits per heavy atom. The lowest BCUT2D eigenvalue weighted by atomic mass is 10.1. The molecule has 1 aromatic rings. The van der Waals surface area contributed by atoms with Gasteiger partial charge in [0.25, 0.3) is 0 Å². The predicted octanol–water partition coefficient (Wildman–Crippen LogP) is 2.51. The van der Waals surface area contributed by atoms with Crippen LogP contribution in [0.15, 0.2) is 24.3 Å². The zero-order chi connectivity index (χ0) is 12.0. The third kappa shape index (κ3) is 3.83. The number of rotatable bonds is 6. The molecule has 1 unspecified atom stereocenters. The van der Waals surface area contributed by atoms with Gasteiger partial charge in [-0.2, -0.15) is 0 Å². The lowest BCUT2D eigenvalue weighted by Crippen LogP contribution is -2.16. The quantitative estimate of drug-likeness (QED) is 0.806. The van der Waals surface area contributed by atoms with Crippen LogP contribution in [-0.4, -0.2) is 19.8 Å². The van der Waals surface area contributed by atoms with E-state index in [0.717, 1.165) is 17.7 Å². The van der Waals surface area contributed by atoms with Crippen molar-refractivity contribution in [1.29, 1.82) is 0 Å². The molecule has 0 aliphatic carbocycles. The summed E-state index contributed by atoms with van der Waals surface area (Å²) in [5.41, 5.74) is 7.08. The third-order valence-corrected chi connectivity index (χ3v) is 2.64. The summed E-state index contributed by atoms with van der Waals surface area (Å²) in [4.78, 5) is 0. The minimum Gasteiger partial charge on any atom is -0.491 e. The van der Waals surface area contributed by atoms with Crippen LogP contribution in [0.4, 0.5) is 0 Å². The molecule has 0 heterocycles. The molecule has 0 aliphatic rings. The molecule has 16 heavy (non-hydrogen) atoms. The molecule has 2 atom stereocenters. The SMILES string of the molecule is CC[C@@H](N)c1ccc(OCC(C)OC)cc1. The van der Waals surface area contributed by atoms with E-state index in [4.69, 9.17) is 15.2 Å². The fraction of sp³-hybridized carbons (Fsp3) is 0.538. The van der Waals surface area contributed by atoms with Crippen molar-refractivity contribution in [1.82, 2.24) is 0 Å². The van der Waals surface area contributed by atoms with Crippen molar-refractivity contribution in [2.45, 2.75) is 32.4 Å². The Kier molecular flexibility index (Phi) is 5.29. The Morgan fingerprint density at radius 1 is 1.25 bits per heavy atom. The van der Waals surface area contributed by atoms with Gasteiger partial charge < -0.3 is 15.2 Å². The van der Waals surface area contributed by atoms with Crippen LogP contribution >= 0.6 is 0 Å². The molecule has 0 radical (unpaired) electrons. The molecule has 2 N–H and O–H groups in total. The number of ether oxygens (including phenoxy) is 2. The van der Waals surface area contributed by atoms with E-state index in [0.29, 0.717) is 6.61 Å². The monoisotopic (exact) mass is 223 g/mol. The maximum atomic E-state index is 5.93. The average Bonchev–Trinajstić information content (AvgIpc) is 2.35. The smallest absolute Gasteiger partial charge is 0.119 e. The highest BCUT2D eigenvalue weighted by molar-refractivity contribution is 5.28. The van der Waals surface area contributed by atoms with E-state index in [2.05, 4.69) is 6.92 Å². The maximum Gasteiger partial charge on any atom is 0.119 e. The summed E-state index contributed by atoms with van der Waals surface area (Å²) in [6, 6.07) is 8.05. The van der Waals surface area contributed by atoms with Crippen molar-refractivity contribution in [2.24, 2.45) is 5.73 Å². The summed E-state index contributed by atoms with van der Waals surface area (Å²) >= 11 is 0. The molecule has 0 saturated carbocycles. The Balaban J connectivity index is 2.51. The molecule has 0 aromatic heterocycles. The molecular weight excluding hydrogens is 202 g/mol. The van der Waals surface area contributed by atoms with Crippen molar-refractivity contribution in [3.63, 3.8) is 0 Å². The van der Waals surface area contributed by atoms with Gasteiger partial charge in [-0.3, -0.25) is 0 Å². The van der Waals surface area contributed by atoms with E-state index >= 15 is 0 Å². The highest BCUT2D eigenvalue weighted by atomic mass is 16.5. The van der Waals surface area contributed by atoms with Gasteiger partial charge in [-0.05, 0) is 31.0 Å². The van der Waals surface area contributed by atoms with E-state index in [1.807, 2.05) is 31.2 Å². The van der Waals surface area contributed by atoms with Crippen LogP contribution in [0.3, 0.4) is 0 Å². The van der Waals surface area contributed by atoms with Gasteiger partial charge in [0.1, 0.15) is 12.4 Å². The minimum absolute atomic E-state index is 0.109. The van der Waals surface area contributed by atoms with Gasteiger partial charge in [0.05, 0.1) is 6.10 Å². The second-order valence-electron chi connectivity index (χ2n) is 3.94. The van der Waals surface area contributed by atoms with E-state index < -0.39 is 0 Å². The summed E-state index contributed by atoms with van der Waals surface area (Å²) in [6.45, 7) is 4.62. The largest absolute Gasteiger partial charge is 0.491 e. The summed E-state index contributed by atoms with van der Waals surface area (Å²) < 4.78 is 10.7. The van der Waals surface area contributed by atoms with Crippen LogP contribution < -0.4 is 10.5 Å². The molecule has 0 spiro atoms. The Morgan fingerprint density at radius 2 is 1.88 bits per heavy atom. The van der Waals surface area contributed by atoms with Crippen LogP contribution in [0.1, 0.15) is 31.9 Å². The van der Waals surface area contributed by atoms with Gasteiger partial charge in [0, 0.05) is 13.2 Å². The zero-order valence-electron chi connectivity index (χ0n) is 10.3. The molecule has 3 nitrogen and oxygen atoms in total. The molecule has 0 fully saturated rings. The van der Waals surface area contributed by atoms with Crippen molar-refractivity contribution >= 4 is 0 Å². The molecule has 0 amide bonds. The molecule has 3 heteroatoms. The van der Waals surface area contributed by atoms with Gasteiger partial charge in [0.2, 0.25) is 0 Å². The topological polar surface area (TPSA) is 44.5 Å². The molecule has 1 aromatic carbocycles. The van der Waals surface area contributed by atoms with Gasteiger partial charge >= 0.3 is 0 Å². The fourth-order valence-corrected chi connectivity index (χ4v) is 1.33. The lowest BCUT2D eigenvalue weighted by molar-refractivity contribution is 0.0716. The highest BCUT2D eigenvalue weighted by Gasteiger charge is 2.04. The second-order valence-corrected chi connectivity index (χ2v) is 3.94. The van der Waals surface area contributed by atoms with Gasteiger partial charge in [-0.15, -0.1) is 0 Å². The van der Waals surface area contributed by atoms with Gasteiger partial charge in [-0.25, -0.2) is 0 Å². The lowest BCUT2D eigenvalue weighted by Gasteiger charge is -2.13. The molecule has 90 valence electrons. The predicted molar refractivity (Wildman–Crippen MR) is 65.6 cm³/mol. The van der Waals surface area contributed by atoms with Gasteiger partial charge in [-0.1, -0.05) is 19.1 Å². The Bertz CT molecular complexity index is 297. The minimum atomic E-state index is 0.109. The number of benzene rings is 1. The number of hydrogen-bond acceptors (Lipinski definition) is 3.